The summed E-state index contributed by atoms with van der Waals surface area (Å²) in [5.74, 6) is -0.772. The normalized spacial score (nSPS) is 15.8. The Morgan fingerprint density at radius 3 is 2.88 bits per heavy atom. The maximum absolute atomic E-state index is 11.2. The summed E-state index contributed by atoms with van der Waals surface area (Å²) in [4.78, 5) is 13.1. The lowest BCUT2D eigenvalue weighted by Gasteiger charge is -2.26. The summed E-state index contributed by atoms with van der Waals surface area (Å²) in [7, 11) is 0. The SMILES string of the molecule is CC[C@@H](C(=O)O)N1CCc2cc(CO)ccc21. The molecular weight excluding hydrogens is 218 g/mol. The van der Waals surface area contributed by atoms with Crippen LogP contribution >= 0.6 is 0 Å². The molecule has 0 unspecified atom stereocenters. The van der Waals surface area contributed by atoms with Gasteiger partial charge in [-0.2, -0.15) is 0 Å². The molecule has 1 aromatic carbocycles. The Labute approximate surface area is 100 Å². The first kappa shape index (κ1) is 11.9. The molecule has 17 heavy (non-hydrogen) atoms. The van der Waals surface area contributed by atoms with Crippen LogP contribution in [0, 0.1) is 0 Å². The number of aliphatic hydroxyl groups is 1. The van der Waals surface area contributed by atoms with Gasteiger partial charge in [-0.25, -0.2) is 4.79 Å². The van der Waals surface area contributed by atoms with Gasteiger partial charge < -0.3 is 15.1 Å². The van der Waals surface area contributed by atoms with Gasteiger partial charge in [0.2, 0.25) is 0 Å². The molecular formula is C13H17NO3. The fourth-order valence-electron chi connectivity index (χ4n) is 2.43. The Kier molecular flexibility index (Phi) is 3.33. The highest BCUT2D eigenvalue weighted by Gasteiger charge is 2.29. The molecule has 2 N–H and O–H groups in total. The van der Waals surface area contributed by atoms with E-state index in [4.69, 9.17) is 5.11 Å². The third kappa shape index (κ3) is 2.13. The summed E-state index contributed by atoms with van der Waals surface area (Å²) in [5.41, 5.74) is 3.02. The minimum Gasteiger partial charge on any atom is -0.480 e. The predicted molar refractivity (Wildman–Crippen MR) is 65.1 cm³/mol. The summed E-state index contributed by atoms with van der Waals surface area (Å²) < 4.78 is 0. The highest BCUT2D eigenvalue weighted by Crippen LogP contribution is 2.31. The third-order valence-electron chi connectivity index (χ3n) is 3.31. The van der Waals surface area contributed by atoms with E-state index < -0.39 is 12.0 Å². The molecule has 0 aliphatic carbocycles. The van der Waals surface area contributed by atoms with Gasteiger partial charge in [0.05, 0.1) is 6.61 Å². The van der Waals surface area contributed by atoms with Gasteiger partial charge in [0.25, 0.3) is 0 Å². The number of carboxylic acids is 1. The van der Waals surface area contributed by atoms with E-state index in [9.17, 15) is 9.90 Å². The molecule has 92 valence electrons. The molecule has 0 bridgehead atoms. The molecule has 0 aromatic heterocycles. The standard InChI is InChI=1S/C13H17NO3/c1-2-11(13(16)17)14-6-5-10-7-9(8-15)3-4-12(10)14/h3-4,7,11,15H,2,5-6,8H2,1H3,(H,16,17)/t11-/m0/s1. The number of carboxylic acid groups (broad SMARTS) is 1. The van der Waals surface area contributed by atoms with E-state index >= 15 is 0 Å². The Bertz CT molecular complexity index is 431. The minimum atomic E-state index is -0.772. The summed E-state index contributed by atoms with van der Waals surface area (Å²) in [6.07, 6.45) is 1.45. The number of rotatable bonds is 4. The monoisotopic (exact) mass is 235 g/mol. The zero-order valence-electron chi connectivity index (χ0n) is 9.89. The van der Waals surface area contributed by atoms with Gasteiger partial charge in [-0.15, -0.1) is 0 Å². The maximum atomic E-state index is 11.2. The second-order valence-corrected chi connectivity index (χ2v) is 4.33. The van der Waals surface area contributed by atoms with E-state index in [1.165, 1.54) is 0 Å². The molecule has 0 fully saturated rings. The summed E-state index contributed by atoms with van der Waals surface area (Å²) in [6, 6.07) is 5.28. The first-order valence-electron chi connectivity index (χ1n) is 5.89. The molecule has 1 heterocycles. The Hall–Kier alpha value is -1.55. The number of benzene rings is 1. The first-order valence-corrected chi connectivity index (χ1v) is 5.89. The molecule has 1 atom stereocenters. The molecule has 1 aliphatic rings. The van der Waals surface area contributed by atoms with Crippen molar-refractivity contribution in [2.75, 3.05) is 11.4 Å². The van der Waals surface area contributed by atoms with Crippen molar-refractivity contribution in [2.45, 2.75) is 32.4 Å². The number of aliphatic carboxylic acids is 1. The van der Waals surface area contributed by atoms with E-state index in [-0.39, 0.29) is 6.61 Å². The molecule has 4 heteroatoms. The van der Waals surface area contributed by atoms with Crippen LogP contribution in [0.4, 0.5) is 5.69 Å². The lowest BCUT2D eigenvalue weighted by Crippen LogP contribution is -2.39. The maximum Gasteiger partial charge on any atom is 0.326 e. The van der Waals surface area contributed by atoms with Crippen molar-refractivity contribution in [3.63, 3.8) is 0 Å². The molecule has 0 spiro atoms. The average molecular weight is 235 g/mol. The highest BCUT2D eigenvalue weighted by atomic mass is 16.4. The van der Waals surface area contributed by atoms with Crippen LogP contribution < -0.4 is 4.90 Å². The molecule has 2 rings (SSSR count). The quantitative estimate of drug-likeness (QED) is 0.828. The predicted octanol–water partition coefficient (Wildman–Crippen LogP) is 1.40. The Morgan fingerprint density at radius 1 is 1.53 bits per heavy atom. The number of anilines is 1. The lowest BCUT2D eigenvalue weighted by atomic mass is 10.1. The van der Waals surface area contributed by atoms with E-state index in [2.05, 4.69) is 0 Å². The van der Waals surface area contributed by atoms with Crippen LogP contribution in [0.25, 0.3) is 0 Å². The second-order valence-electron chi connectivity index (χ2n) is 4.33. The minimum absolute atomic E-state index is 0.0312. The van der Waals surface area contributed by atoms with Crippen LogP contribution in [0.1, 0.15) is 24.5 Å². The zero-order chi connectivity index (χ0) is 12.4. The lowest BCUT2D eigenvalue weighted by molar-refractivity contribution is -0.138. The molecule has 1 aliphatic heterocycles. The first-order chi connectivity index (χ1) is 8.17. The molecule has 1 aromatic rings. The van der Waals surface area contributed by atoms with Crippen LogP contribution in [-0.2, 0) is 17.8 Å². The number of fused-ring (bicyclic) bond motifs is 1. The van der Waals surface area contributed by atoms with Crippen LogP contribution in [0.5, 0.6) is 0 Å². The highest BCUT2D eigenvalue weighted by molar-refractivity contribution is 5.79. The average Bonchev–Trinajstić information content (AvgIpc) is 2.73. The van der Waals surface area contributed by atoms with Crippen molar-refractivity contribution in [1.82, 2.24) is 0 Å². The third-order valence-corrected chi connectivity index (χ3v) is 3.31. The fourth-order valence-corrected chi connectivity index (χ4v) is 2.43. The van der Waals surface area contributed by atoms with Crippen molar-refractivity contribution < 1.29 is 15.0 Å². The van der Waals surface area contributed by atoms with Gasteiger partial charge in [0.15, 0.2) is 0 Å². The van der Waals surface area contributed by atoms with Crippen molar-refractivity contribution >= 4 is 11.7 Å². The van der Waals surface area contributed by atoms with Crippen molar-refractivity contribution in [1.29, 1.82) is 0 Å². The summed E-state index contributed by atoms with van der Waals surface area (Å²) in [6.45, 7) is 2.66. The van der Waals surface area contributed by atoms with Crippen LogP contribution in [-0.4, -0.2) is 28.8 Å². The van der Waals surface area contributed by atoms with Gasteiger partial charge in [0.1, 0.15) is 6.04 Å². The van der Waals surface area contributed by atoms with Crippen molar-refractivity contribution in [2.24, 2.45) is 0 Å². The van der Waals surface area contributed by atoms with E-state index in [0.717, 1.165) is 29.8 Å². The molecule has 4 nitrogen and oxygen atoms in total. The smallest absolute Gasteiger partial charge is 0.326 e. The van der Waals surface area contributed by atoms with Crippen LogP contribution in [0.15, 0.2) is 18.2 Å². The fraction of sp³-hybridized carbons (Fsp3) is 0.462. The molecule has 0 saturated heterocycles. The summed E-state index contributed by atoms with van der Waals surface area (Å²) in [5, 5.41) is 18.2. The van der Waals surface area contributed by atoms with Gasteiger partial charge in [-0.1, -0.05) is 19.1 Å². The van der Waals surface area contributed by atoms with Crippen LogP contribution in [0.3, 0.4) is 0 Å². The van der Waals surface area contributed by atoms with Gasteiger partial charge in [0, 0.05) is 12.2 Å². The number of carbonyl (C=O) groups is 1. The number of aliphatic hydroxyl groups excluding tert-OH is 1. The number of hydrogen-bond donors (Lipinski definition) is 2. The van der Waals surface area contributed by atoms with Crippen LogP contribution in [0.2, 0.25) is 0 Å². The van der Waals surface area contributed by atoms with Crippen molar-refractivity contribution in [3.05, 3.63) is 29.3 Å². The Morgan fingerprint density at radius 2 is 2.29 bits per heavy atom. The van der Waals surface area contributed by atoms with Gasteiger partial charge >= 0.3 is 5.97 Å². The number of hydrogen-bond acceptors (Lipinski definition) is 3. The topological polar surface area (TPSA) is 60.8 Å². The Balaban J connectivity index is 2.30. The largest absolute Gasteiger partial charge is 0.480 e. The molecule has 0 saturated carbocycles. The molecule has 0 amide bonds. The van der Waals surface area contributed by atoms with E-state index in [1.807, 2.05) is 30.0 Å². The van der Waals surface area contributed by atoms with Gasteiger partial charge in [-0.3, -0.25) is 0 Å². The molecule has 0 radical (unpaired) electrons. The van der Waals surface area contributed by atoms with Gasteiger partial charge in [-0.05, 0) is 30.0 Å². The van der Waals surface area contributed by atoms with E-state index in [0.29, 0.717) is 6.42 Å². The number of nitrogens with zero attached hydrogens (tertiary/aromatic N) is 1. The van der Waals surface area contributed by atoms with E-state index in [1.54, 1.807) is 0 Å². The van der Waals surface area contributed by atoms with Crippen molar-refractivity contribution in [3.8, 4) is 0 Å². The second kappa shape index (κ2) is 4.75. The zero-order valence-corrected chi connectivity index (χ0v) is 9.89. The summed E-state index contributed by atoms with van der Waals surface area (Å²) >= 11 is 0.